The van der Waals surface area contributed by atoms with Crippen molar-refractivity contribution in [1.82, 2.24) is 0 Å². The van der Waals surface area contributed by atoms with E-state index in [1.54, 1.807) is 11.3 Å². The van der Waals surface area contributed by atoms with Gasteiger partial charge in [0.25, 0.3) is 0 Å². The number of carbonyl (C=O) groups excluding carboxylic acids is 1. The molecule has 92 valence electrons. The summed E-state index contributed by atoms with van der Waals surface area (Å²) in [5.74, 6) is 0.708. The largest absolute Gasteiger partial charge is 0.378 e. The fraction of sp³-hybridized carbons (Fsp3) is 0.643. The van der Waals surface area contributed by atoms with E-state index in [1.807, 2.05) is 6.92 Å². The molecule has 1 aliphatic carbocycles. The zero-order chi connectivity index (χ0) is 11.8. The van der Waals surface area contributed by atoms with Gasteiger partial charge in [0, 0.05) is 23.3 Å². The quantitative estimate of drug-likeness (QED) is 0.806. The minimum atomic E-state index is 0.117. The summed E-state index contributed by atoms with van der Waals surface area (Å²) >= 11 is 1.81. The van der Waals surface area contributed by atoms with Gasteiger partial charge < -0.3 is 4.74 Å². The second kappa shape index (κ2) is 4.54. The van der Waals surface area contributed by atoms with Crippen LogP contribution in [0.4, 0.5) is 0 Å². The molecular formula is C14H18O2S. The Balaban J connectivity index is 1.84. The highest BCUT2D eigenvalue weighted by molar-refractivity contribution is 7.10. The maximum absolute atomic E-state index is 12.6. The van der Waals surface area contributed by atoms with Crippen molar-refractivity contribution in [1.29, 1.82) is 0 Å². The number of fused-ring (bicyclic) bond motifs is 1. The highest BCUT2D eigenvalue weighted by Gasteiger charge is 2.37. The molecule has 1 saturated heterocycles. The Morgan fingerprint density at radius 3 is 3.12 bits per heavy atom. The van der Waals surface area contributed by atoms with Crippen molar-refractivity contribution < 1.29 is 9.53 Å². The lowest BCUT2D eigenvalue weighted by atomic mass is 9.79. The molecule has 1 aromatic rings. The lowest BCUT2D eigenvalue weighted by Gasteiger charge is -2.25. The average molecular weight is 250 g/mol. The van der Waals surface area contributed by atoms with E-state index in [4.69, 9.17) is 4.74 Å². The van der Waals surface area contributed by atoms with Crippen LogP contribution in [-0.4, -0.2) is 18.5 Å². The van der Waals surface area contributed by atoms with Crippen molar-refractivity contribution >= 4 is 17.1 Å². The molecule has 2 aliphatic rings. The van der Waals surface area contributed by atoms with Gasteiger partial charge in [0.15, 0.2) is 0 Å². The molecule has 3 heteroatoms. The maximum atomic E-state index is 12.6. The van der Waals surface area contributed by atoms with E-state index in [-0.39, 0.29) is 17.9 Å². The highest BCUT2D eigenvalue weighted by atomic mass is 32.1. The van der Waals surface area contributed by atoms with Gasteiger partial charge in [0.1, 0.15) is 5.78 Å². The van der Waals surface area contributed by atoms with Gasteiger partial charge in [-0.05, 0) is 49.6 Å². The van der Waals surface area contributed by atoms with Crippen LogP contribution in [0.15, 0.2) is 11.4 Å². The zero-order valence-electron chi connectivity index (χ0n) is 10.1. The highest BCUT2D eigenvalue weighted by Crippen LogP contribution is 2.38. The number of ketones is 1. The van der Waals surface area contributed by atoms with E-state index < -0.39 is 0 Å². The van der Waals surface area contributed by atoms with E-state index in [9.17, 15) is 4.79 Å². The van der Waals surface area contributed by atoms with Crippen molar-refractivity contribution in [3.63, 3.8) is 0 Å². The van der Waals surface area contributed by atoms with Gasteiger partial charge in [-0.15, -0.1) is 11.3 Å². The van der Waals surface area contributed by atoms with Gasteiger partial charge in [-0.2, -0.15) is 0 Å². The first-order valence-electron chi connectivity index (χ1n) is 6.49. The molecule has 3 unspecified atom stereocenters. The lowest BCUT2D eigenvalue weighted by molar-refractivity contribution is -0.126. The molecule has 2 heterocycles. The molecule has 0 N–H and O–H groups in total. The predicted octanol–water partition coefficient (Wildman–Crippen LogP) is 3.16. The summed E-state index contributed by atoms with van der Waals surface area (Å²) in [6.07, 6.45) is 4.38. The van der Waals surface area contributed by atoms with Gasteiger partial charge in [0.2, 0.25) is 0 Å². The van der Waals surface area contributed by atoms with Crippen LogP contribution in [0.2, 0.25) is 0 Å². The molecule has 0 radical (unpaired) electrons. The Hall–Kier alpha value is -0.670. The number of ether oxygens (including phenoxy) is 1. The van der Waals surface area contributed by atoms with Crippen LogP contribution in [-0.2, 0) is 16.0 Å². The third-order valence-corrected chi connectivity index (χ3v) is 5.13. The van der Waals surface area contributed by atoms with Crippen LogP contribution in [0.25, 0.3) is 0 Å². The number of rotatable bonds is 2. The summed E-state index contributed by atoms with van der Waals surface area (Å²) < 4.78 is 5.53. The molecule has 3 rings (SSSR count). The predicted molar refractivity (Wildman–Crippen MR) is 68.5 cm³/mol. The molecule has 0 spiro atoms. The first-order valence-corrected chi connectivity index (χ1v) is 7.37. The topological polar surface area (TPSA) is 26.3 Å². The molecule has 0 saturated carbocycles. The van der Waals surface area contributed by atoms with Gasteiger partial charge in [-0.1, -0.05) is 0 Å². The fourth-order valence-electron chi connectivity index (χ4n) is 3.15. The number of hydrogen-bond acceptors (Lipinski definition) is 3. The minimum absolute atomic E-state index is 0.117. The summed E-state index contributed by atoms with van der Waals surface area (Å²) in [5.41, 5.74) is 1.31. The summed E-state index contributed by atoms with van der Waals surface area (Å²) in [6.45, 7) is 2.79. The van der Waals surface area contributed by atoms with Gasteiger partial charge >= 0.3 is 0 Å². The van der Waals surface area contributed by atoms with Crippen molar-refractivity contribution in [2.75, 3.05) is 6.61 Å². The number of thiophene rings is 1. The van der Waals surface area contributed by atoms with Gasteiger partial charge in [-0.25, -0.2) is 0 Å². The molecule has 17 heavy (non-hydrogen) atoms. The molecule has 0 bridgehead atoms. The van der Waals surface area contributed by atoms with Crippen LogP contribution in [0.1, 0.15) is 42.5 Å². The fourth-order valence-corrected chi connectivity index (χ4v) is 4.13. The van der Waals surface area contributed by atoms with Crippen molar-refractivity contribution in [3.8, 4) is 0 Å². The van der Waals surface area contributed by atoms with Crippen LogP contribution in [0, 0.1) is 5.92 Å². The summed E-state index contributed by atoms with van der Waals surface area (Å²) in [7, 11) is 0. The number of aryl methyl sites for hydroxylation is 1. The molecule has 1 aromatic heterocycles. The number of Topliss-reactive ketones (excluding diaryl/α,β-unsaturated/α-hetero) is 1. The summed E-state index contributed by atoms with van der Waals surface area (Å²) in [6, 6.07) is 2.15. The molecular weight excluding hydrogens is 232 g/mol. The lowest BCUT2D eigenvalue weighted by Crippen LogP contribution is -2.28. The maximum Gasteiger partial charge on any atom is 0.146 e. The second-order valence-electron chi connectivity index (χ2n) is 5.12. The normalized spacial score (nSPS) is 32.4. The zero-order valence-corrected chi connectivity index (χ0v) is 11.0. The molecule has 1 fully saturated rings. The van der Waals surface area contributed by atoms with Crippen LogP contribution in [0.3, 0.4) is 0 Å². The Morgan fingerprint density at radius 2 is 2.35 bits per heavy atom. The van der Waals surface area contributed by atoms with Crippen molar-refractivity contribution in [2.45, 2.75) is 44.6 Å². The van der Waals surface area contributed by atoms with Crippen molar-refractivity contribution in [3.05, 3.63) is 21.9 Å². The third kappa shape index (κ3) is 1.95. The molecule has 3 atom stereocenters. The number of hydrogen-bond donors (Lipinski definition) is 0. The van der Waals surface area contributed by atoms with Gasteiger partial charge in [-0.3, -0.25) is 4.79 Å². The summed E-state index contributed by atoms with van der Waals surface area (Å²) in [5, 5.41) is 2.13. The van der Waals surface area contributed by atoms with E-state index in [0.29, 0.717) is 5.78 Å². The van der Waals surface area contributed by atoms with Crippen LogP contribution in [0.5, 0.6) is 0 Å². The van der Waals surface area contributed by atoms with Crippen LogP contribution < -0.4 is 0 Å². The Kier molecular flexibility index (Phi) is 3.05. The SMILES string of the molecule is CC1OCCC1C(=O)C1CCCc2sccc21. The smallest absolute Gasteiger partial charge is 0.146 e. The molecule has 0 amide bonds. The Bertz CT molecular complexity index is 424. The second-order valence-corrected chi connectivity index (χ2v) is 6.12. The Labute approximate surface area is 106 Å². The van der Waals surface area contributed by atoms with E-state index >= 15 is 0 Å². The minimum Gasteiger partial charge on any atom is -0.378 e. The standard InChI is InChI=1S/C14H18O2S/c1-9-10(5-7-16-9)14(15)12-3-2-4-13-11(12)6-8-17-13/h6,8-10,12H,2-5,7H2,1H3. The van der Waals surface area contributed by atoms with Crippen LogP contribution >= 0.6 is 11.3 Å². The summed E-state index contributed by atoms with van der Waals surface area (Å²) in [4.78, 5) is 14.0. The molecule has 1 aliphatic heterocycles. The molecule has 2 nitrogen and oxygen atoms in total. The van der Waals surface area contributed by atoms with Crippen molar-refractivity contribution in [2.24, 2.45) is 5.92 Å². The Morgan fingerprint density at radius 1 is 1.47 bits per heavy atom. The van der Waals surface area contributed by atoms with E-state index in [0.717, 1.165) is 32.3 Å². The third-order valence-electron chi connectivity index (χ3n) is 4.14. The average Bonchev–Trinajstić information content (AvgIpc) is 2.95. The monoisotopic (exact) mass is 250 g/mol. The first-order chi connectivity index (χ1) is 8.27. The van der Waals surface area contributed by atoms with Gasteiger partial charge in [0.05, 0.1) is 6.10 Å². The number of carbonyl (C=O) groups is 1. The molecule has 0 aromatic carbocycles. The van der Waals surface area contributed by atoms with E-state index in [2.05, 4.69) is 11.4 Å². The first kappa shape index (κ1) is 11.4. The van der Waals surface area contributed by atoms with E-state index in [1.165, 1.54) is 10.4 Å².